The van der Waals surface area contributed by atoms with E-state index in [1.807, 2.05) is 30.3 Å². The number of anilines is 1. The van der Waals surface area contributed by atoms with Gasteiger partial charge in [-0.05, 0) is 36.8 Å². The van der Waals surface area contributed by atoms with Crippen LogP contribution in [0, 0.1) is 5.41 Å². The first kappa shape index (κ1) is 21.4. The zero-order chi connectivity index (χ0) is 21.4. The number of aliphatic carboxylic acids is 1. The van der Waals surface area contributed by atoms with E-state index in [0.29, 0.717) is 22.7 Å². The number of carboxylic acid groups (broad SMARTS) is 1. The van der Waals surface area contributed by atoms with E-state index in [0.717, 1.165) is 5.56 Å². The summed E-state index contributed by atoms with van der Waals surface area (Å²) in [6.45, 7) is 9.10. The summed E-state index contributed by atoms with van der Waals surface area (Å²) in [5, 5.41) is 22.0. The number of benzene rings is 2. The van der Waals surface area contributed by atoms with Gasteiger partial charge in [0, 0.05) is 23.2 Å². The van der Waals surface area contributed by atoms with Crippen LogP contribution in [0.3, 0.4) is 0 Å². The molecule has 0 saturated carbocycles. The normalized spacial score (nSPS) is 12.2. The third-order valence-corrected chi connectivity index (χ3v) is 4.12. The molecular weight excluding hydrogens is 370 g/mol. The van der Waals surface area contributed by atoms with Crippen molar-refractivity contribution in [3.63, 3.8) is 0 Å². The Bertz CT molecular complexity index is 925. The summed E-state index contributed by atoms with van der Waals surface area (Å²) in [5.41, 5.74) is 2.60. The van der Waals surface area contributed by atoms with Crippen LogP contribution in [0.2, 0.25) is 0 Å². The fourth-order valence-electron chi connectivity index (χ4n) is 2.66. The highest BCUT2D eigenvalue weighted by Gasteiger charge is 2.25. The van der Waals surface area contributed by atoms with Gasteiger partial charge in [0.2, 0.25) is 0 Å². The van der Waals surface area contributed by atoms with Gasteiger partial charge in [-0.1, -0.05) is 43.5 Å². The second-order valence-corrected chi connectivity index (χ2v) is 6.26. The highest BCUT2D eigenvalue weighted by molar-refractivity contribution is 6.31. The predicted octanol–water partition coefficient (Wildman–Crippen LogP) is 3.51. The molecule has 0 spiro atoms. The number of carbonyl (C=O) groups excluding carboxylic acids is 1. The molecular formula is C22H23N3O4. The second-order valence-electron chi connectivity index (χ2n) is 6.26. The fraction of sp³-hybridized carbons (Fsp3) is 0.136. The van der Waals surface area contributed by atoms with E-state index >= 15 is 0 Å². The molecule has 0 heterocycles. The molecule has 7 nitrogen and oxygen atoms in total. The molecule has 29 heavy (non-hydrogen) atoms. The van der Waals surface area contributed by atoms with Crippen molar-refractivity contribution >= 4 is 23.8 Å². The Hall–Kier alpha value is -3.87. The minimum Gasteiger partial charge on any atom is -0.484 e. The molecule has 0 radical (unpaired) electrons. The van der Waals surface area contributed by atoms with E-state index in [1.54, 1.807) is 31.2 Å². The van der Waals surface area contributed by atoms with Crippen LogP contribution in [0.1, 0.15) is 24.2 Å². The lowest BCUT2D eigenvalue weighted by molar-refractivity contribution is -0.150. The highest BCUT2D eigenvalue weighted by Crippen LogP contribution is 2.28. The van der Waals surface area contributed by atoms with Gasteiger partial charge in [0.15, 0.2) is 0 Å². The number of allylic oxidation sites excluding steroid dienone is 1. The van der Waals surface area contributed by atoms with Gasteiger partial charge in [0.1, 0.15) is 11.9 Å². The number of nitrogens with one attached hydrogen (secondary N) is 3. The Kier molecular flexibility index (Phi) is 7.31. The summed E-state index contributed by atoms with van der Waals surface area (Å²) in [5.74, 6) is -2.21. The zero-order valence-electron chi connectivity index (χ0n) is 16.0. The molecule has 150 valence electrons. The first-order chi connectivity index (χ1) is 13.8. The van der Waals surface area contributed by atoms with Crippen molar-refractivity contribution in [3.05, 3.63) is 84.6 Å². The van der Waals surface area contributed by atoms with E-state index in [2.05, 4.69) is 23.8 Å². The molecule has 1 amide bonds. The van der Waals surface area contributed by atoms with E-state index in [9.17, 15) is 9.59 Å². The Balaban J connectivity index is 2.32. The zero-order valence-corrected chi connectivity index (χ0v) is 16.0. The van der Waals surface area contributed by atoms with Crippen LogP contribution in [0.25, 0.3) is 0 Å². The minimum absolute atomic E-state index is 0.462. The lowest BCUT2D eigenvalue weighted by Gasteiger charge is -2.26. The molecule has 2 aromatic carbocycles. The van der Waals surface area contributed by atoms with E-state index in [4.69, 9.17) is 15.3 Å². The van der Waals surface area contributed by atoms with Crippen LogP contribution in [-0.2, 0) is 9.59 Å². The number of hydrogen-bond acceptors (Lipinski definition) is 5. The smallest absolute Gasteiger partial charge is 0.394 e. The molecule has 0 fully saturated rings. The molecule has 4 N–H and O–H groups in total. The van der Waals surface area contributed by atoms with Gasteiger partial charge in [-0.2, -0.15) is 0 Å². The van der Waals surface area contributed by atoms with Gasteiger partial charge in [-0.25, -0.2) is 4.79 Å². The largest absolute Gasteiger partial charge is 0.484 e. The standard InChI is InChI=1S/C22H23N3O4/c1-4-14(2)24-19-11-10-18(12-17(19)13-23)29-20(16-8-6-5-7-9-16)15(3)25-21(26)22(27)28/h4-13,15,20,23-24H,1-2H2,3H3,(H,25,26)(H,27,28)/t15?,20-/m0/s1. The maximum atomic E-state index is 11.6. The summed E-state index contributed by atoms with van der Waals surface area (Å²) >= 11 is 0. The van der Waals surface area contributed by atoms with Gasteiger partial charge >= 0.3 is 11.9 Å². The third kappa shape index (κ3) is 5.80. The molecule has 0 aliphatic heterocycles. The van der Waals surface area contributed by atoms with Gasteiger partial charge in [0.25, 0.3) is 0 Å². The van der Waals surface area contributed by atoms with Crippen molar-refractivity contribution in [2.75, 3.05) is 5.32 Å². The second kappa shape index (κ2) is 9.89. The Labute approximate surface area is 169 Å². The van der Waals surface area contributed by atoms with Crippen molar-refractivity contribution in [1.82, 2.24) is 5.32 Å². The van der Waals surface area contributed by atoms with Gasteiger partial charge in [0.05, 0.1) is 6.04 Å². The lowest BCUT2D eigenvalue weighted by Crippen LogP contribution is -2.42. The molecule has 0 saturated heterocycles. The molecule has 2 atom stereocenters. The minimum atomic E-state index is -1.56. The van der Waals surface area contributed by atoms with Crippen LogP contribution in [0.5, 0.6) is 5.75 Å². The highest BCUT2D eigenvalue weighted by atomic mass is 16.5. The van der Waals surface area contributed by atoms with Gasteiger partial charge in [-0.3, -0.25) is 4.79 Å². The quantitative estimate of drug-likeness (QED) is 0.296. The van der Waals surface area contributed by atoms with E-state index in [1.165, 1.54) is 6.21 Å². The SMILES string of the molecule is C=CC(=C)Nc1ccc(O[C@H](c2ccccc2)C(C)NC(=O)C(=O)O)cc1C=N. The molecule has 0 aromatic heterocycles. The lowest BCUT2D eigenvalue weighted by atomic mass is 10.0. The first-order valence-corrected chi connectivity index (χ1v) is 8.84. The fourth-order valence-corrected chi connectivity index (χ4v) is 2.66. The van der Waals surface area contributed by atoms with Crippen molar-refractivity contribution in [2.45, 2.75) is 19.1 Å². The first-order valence-electron chi connectivity index (χ1n) is 8.84. The van der Waals surface area contributed by atoms with E-state index in [-0.39, 0.29) is 0 Å². The number of rotatable bonds is 9. The van der Waals surface area contributed by atoms with Crippen molar-refractivity contribution < 1.29 is 19.4 Å². The number of ether oxygens (including phenoxy) is 1. The Morgan fingerprint density at radius 2 is 1.90 bits per heavy atom. The molecule has 1 unspecified atom stereocenters. The van der Waals surface area contributed by atoms with Gasteiger partial charge < -0.3 is 25.9 Å². The van der Waals surface area contributed by atoms with Crippen molar-refractivity contribution in [1.29, 1.82) is 5.41 Å². The molecule has 2 rings (SSSR count). The Morgan fingerprint density at radius 1 is 1.21 bits per heavy atom. The third-order valence-electron chi connectivity index (χ3n) is 4.12. The molecule has 2 aromatic rings. The van der Waals surface area contributed by atoms with Crippen LogP contribution >= 0.6 is 0 Å². The molecule has 7 heteroatoms. The summed E-state index contributed by atoms with van der Waals surface area (Å²) in [4.78, 5) is 22.5. The average Bonchev–Trinajstić information content (AvgIpc) is 2.73. The maximum Gasteiger partial charge on any atom is 0.394 e. The van der Waals surface area contributed by atoms with Crippen molar-refractivity contribution in [2.24, 2.45) is 0 Å². The van der Waals surface area contributed by atoms with Crippen molar-refractivity contribution in [3.8, 4) is 5.75 Å². The van der Waals surface area contributed by atoms with Crippen LogP contribution in [-0.4, -0.2) is 29.2 Å². The van der Waals surface area contributed by atoms with E-state index < -0.39 is 24.0 Å². The number of carboxylic acids is 1. The number of amides is 1. The topological polar surface area (TPSA) is 112 Å². The van der Waals surface area contributed by atoms with Crippen LogP contribution in [0.4, 0.5) is 5.69 Å². The molecule has 0 bridgehead atoms. The van der Waals surface area contributed by atoms with Crippen LogP contribution in [0.15, 0.2) is 73.5 Å². The summed E-state index contributed by atoms with van der Waals surface area (Å²) in [6, 6.07) is 13.7. The monoisotopic (exact) mass is 393 g/mol. The predicted molar refractivity (Wildman–Crippen MR) is 112 cm³/mol. The average molecular weight is 393 g/mol. The summed E-state index contributed by atoms with van der Waals surface area (Å²) in [6.07, 6.45) is 2.11. The maximum absolute atomic E-state index is 11.6. The Morgan fingerprint density at radius 3 is 2.48 bits per heavy atom. The van der Waals surface area contributed by atoms with Gasteiger partial charge in [-0.15, -0.1) is 0 Å². The summed E-state index contributed by atoms with van der Waals surface area (Å²) in [7, 11) is 0. The summed E-state index contributed by atoms with van der Waals surface area (Å²) < 4.78 is 6.09. The van der Waals surface area contributed by atoms with Crippen LogP contribution < -0.4 is 15.4 Å². The number of carbonyl (C=O) groups is 2. The number of hydrogen-bond donors (Lipinski definition) is 4. The molecule has 0 aliphatic carbocycles. The molecule has 0 aliphatic rings.